The first kappa shape index (κ1) is 19.1. The van der Waals surface area contributed by atoms with Gasteiger partial charge in [0.05, 0.1) is 27.9 Å². The van der Waals surface area contributed by atoms with Crippen LogP contribution in [0.3, 0.4) is 0 Å². The first-order chi connectivity index (χ1) is 14.0. The fraction of sp³-hybridized carbons (Fsp3) is 0.0870. The number of halogens is 1. The standard InChI is InChI=1S/C23H17FN2O2S/c1-15-10-12-16(13-11-15)26-22(28)18-7-3-5-9-20(18)25-23(26)29-14-21(27)17-6-2-4-8-19(17)24/h2-13H,14H2,1H3. The second-order valence-corrected chi connectivity index (χ2v) is 7.52. The number of aromatic nitrogens is 2. The summed E-state index contributed by atoms with van der Waals surface area (Å²) < 4.78 is 15.4. The van der Waals surface area contributed by atoms with E-state index in [1.165, 1.54) is 16.7 Å². The number of Topliss-reactive ketones (excluding diaryl/α,β-unsaturated/α-hetero) is 1. The Kier molecular flexibility index (Phi) is 5.27. The van der Waals surface area contributed by atoms with Gasteiger partial charge in [0.25, 0.3) is 5.56 Å². The highest BCUT2D eigenvalue weighted by Gasteiger charge is 2.17. The summed E-state index contributed by atoms with van der Waals surface area (Å²) in [6.07, 6.45) is 0. The first-order valence-corrected chi connectivity index (χ1v) is 10.0. The van der Waals surface area contributed by atoms with Crippen molar-refractivity contribution in [1.29, 1.82) is 0 Å². The molecule has 0 saturated carbocycles. The van der Waals surface area contributed by atoms with Gasteiger partial charge in [-0.25, -0.2) is 9.37 Å². The highest BCUT2D eigenvalue weighted by atomic mass is 32.2. The molecule has 6 heteroatoms. The molecule has 0 aliphatic carbocycles. The van der Waals surface area contributed by atoms with E-state index in [1.807, 2.05) is 37.3 Å². The van der Waals surface area contributed by atoms with Gasteiger partial charge in [-0.3, -0.25) is 14.2 Å². The summed E-state index contributed by atoms with van der Waals surface area (Å²) in [6.45, 7) is 1.97. The number of carbonyl (C=O) groups excluding carboxylic acids is 1. The Labute approximate surface area is 171 Å². The predicted molar refractivity (Wildman–Crippen MR) is 114 cm³/mol. The number of para-hydroxylation sites is 1. The molecule has 4 aromatic rings. The lowest BCUT2D eigenvalue weighted by Crippen LogP contribution is -2.22. The molecule has 144 valence electrons. The number of ketones is 1. The van der Waals surface area contributed by atoms with Crippen LogP contribution in [0.1, 0.15) is 15.9 Å². The summed E-state index contributed by atoms with van der Waals surface area (Å²) in [5.41, 5.74) is 2.12. The summed E-state index contributed by atoms with van der Waals surface area (Å²) >= 11 is 1.12. The molecule has 0 aliphatic heterocycles. The molecular formula is C23H17FN2O2S. The summed E-state index contributed by atoms with van der Waals surface area (Å²) in [4.78, 5) is 30.3. The molecule has 0 unspecified atom stereocenters. The van der Waals surface area contributed by atoms with Crippen molar-refractivity contribution >= 4 is 28.4 Å². The van der Waals surface area contributed by atoms with Gasteiger partial charge in [0.1, 0.15) is 5.82 Å². The largest absolute Gasteiger partial charge is 0.293 e. The fourth-order valence-corrected chi connectivity index (χ4v) is 3.92. The molecule has 1 aromatic heterocycles. The van der Waals surface area contributed by atoms with E-state index in [2.05, 4.69) is 4.98 Å². The molecule has 0 atom stereocenters. The zero-order valence-electron chi connectivity index (χ0n) is 15.6. The molecule has 0 aliphatic rings. The number of fused-ring (bicyclic) bond motifs is 1. The number of carbonyl (C=O) groups is 1. The molecule has 1 heterocycles. The topological polar surface area (TPSA) is 52.0 Å². The first-order valence-electron chi connectivity index (χ1n) is 9.04. The van der Waals surface area contributed by atoms with Crippen LogP contribution < -0.4 is 5.56 Å². The van der Waals surface area contributed by atoms with Gasteiger partial charge < -0.3 is 0 Å². The van der Waals surface area contributed by atoms with Gasteiger partial charge in [-0.1, -0.05) is 53.7 Å². The van der Waals surface area contributed by atoms with E-state index in [-0.39, 0.29) is 22.7 Å². The number of aryl methyl sites for hydroxylation is 1. The third kappa shape index (κ3) is 3.84. The fourth-order valence-electron chi connectivity index (χ4n) is 3.03. The van der Waals surface area contributed by atoms with E-state index in [0.29, 0.717) is 21.7 Å². The lowest BCUT2D eigenvalue weighted by Gasteiger charge is -2.13. The van der Waals surface area contributed by atoms with Crippen molar-refractivity contribution in [3.63, 3.8) is 0 Å². The van der Waals surface area contributed by atoms with Crippen molar-refractivity contribution < 1.29 is 9.18 Å². The van der Waals surface area contributed by atoms with Crippen LogP contribution in [0.25, 0.3) is 16.6 Å². The maximum absolute atomic E-state index is 13.9. The van der Waals surface area contributed by atoms with Crippen LogP contribution in [0.4, 0.5) is 4.39 Å². The molecule has 4 rings (SSSR count). The molecule has 0 N–H and O–H groups in total. The second kappa shape index (κ2) is 8.01. The number of hydrogen-bond donors (Lipinski definition) is 0. The highest BCUT2D eigenvalue weighted by molar-refractivity contribution is 7.99. The summed E-state index contributed by atoms with van der Waals surface area (Å²) in [5.74, 6) is -0.941. The van der Waals surface area contributed by atoms with E-state index in [4.69, 9.17) is 0 Å². The maximum Gasteiger partial charge on any atom is 0.266 e. The highest BCUT2D eigenvalue weighted by Crippen LogP contribution is 2.23. The Bertz CT molecular complexity index is 1270. The van der Waals surface area contributed by atoms with Crippen LogP contribution in [-0.4, -0.2) is 21.1 Å². The third-order valence-corrected chi connectivity index (χ3v) is 5.48. The van der Waals surface area contributed by atoms with E-state index in [1.54, 1.807) is 30.3 Å². The van der Waals surface area contributed by atoms with Crippen molar-refractivity contribution in [3.05, 3.63) is 100 Å². The minimum atomic E-state index is -0.555. The second-order valence-electron chi connectivity index (χ2n) is 6.58. The van der Waals surface area contributed by atoms with Crippen molar-refractivity contribution in [2.75, 3.05) is 5.75 Å². The van der Waals surface area contributed by atoms with Gasteiger partial charge in [0, 0.05) is 0 Å². The zero-order valence-corrected chi connectivity index (χ0v) is 16.4. The van der Waals surface area contributed by atoms with Gasteiger partial charge in [0.2, 0.25) is 0 Å². The van der Waals surface area contributed by atoms with Crippen molar-refractivity contribution in [2.45, 2.75) is 12.1 Å². The zero-order chi connectivity index (χ0) is 20.4. The van der Waals surface area contributed by atoms with Crippen LogP contribution in [0.2, 0.25) is 0 Å². The van der Waals surface area contributed by atoms with Crippen LogP contribution in [0, 0.1) is 12.7 Å². The lowest BCUT2D eigenvalue weighted by atomic mass is 10.1. The van der Waals surface area contributed by atoms with Gasteiger partial charge in [-0.05, 0) is 43.3 Å². The number of benzene rings is 3. The monoisotopic (exact) mass is 404 g/mol. The molecule has 0 saturated heterocycles. The van der Waals surface area contributed by atoms with E-state index >= 15 is 0 Å². The van der Waals surface area contributed by atoms with Crippen molar-refractivity contribution in [2.24, 2.45) is 0 Å². The minimum absolute atomic E-state index is 0.0302. The molecule has 0 bridgehead atoms. The molecule has 0 amide bonds. The molecule has 0 fully saturated rings. The molecule has 4 nitrogen and oxygen atoms in total. The molecular weight excluding hydrogens is 387 g/mol. The maximum atomic E-state index is 13.9. The SMILES string of the molecule is Cc1ccc(-n2c(SCC(=O)c3ccccc3F)nc3ccccc3c2=O)cc1. The summed E-state index contributed by atoms with van der Waals surface area (Å²) in [7, 11) is 0. The van der Waals surface area contributed by atoms with Gasteiger partial charge in [-0.15, -0.1) is 0 Å². The van der Waals surface area contributed by atoms with Gasteiger partial charge in [0.15, 0.2) is 10.9 Å². The van der Waals surface area contributed by atoms with E-state index < -0.39 is 5.82 Å². The van der Waals surface area contributed by atoms with Gasteiger partial charge in [-0.2, -0.15) is 0 Å². The summed E-state index contributed by atoms with van der Waals surface area (Å²) in [6, 6.07) is 20.5. The molecule has 0 radical (unpaired) electrons. The molecule has 29 heavy (non-hydrogen) atoms. The molecule has 3 aromatic carbocycles. The van der Waals surface area contributed by atoms with E-state index in [0.717, 1.165) is 17.3 Å². The third-order valence-electron chi connectivity index (χ3n) is 4.54. The minimum Gasteiger partial charge on any atom is -0.293 e. The Hall–Kier alpha value is -3.25. The van der Waals surface area contributed by atoms with Crippen molar-refractivity contribution in [3.8, 4) is 5.69 Å². The average molecular weight is 404 g/mol. The number of rotatable bonds is 5. The number of nitrogens with zero attached hydrogens (tertiary/aromatic N) is 2. The van der Waals surface area contributed by atoms with Crippen LogP contribution in [0.5, 0.6) is 0 Å². The van der Waals surface area contributed by atoms with Crippen LogP contribution in [-0.2, 0) is 0 Å². The number of hydrogen-bond acceptors (Lipinski definition) is 4. The summed E-state index contributed by atoms with van der Waals surface area (Å²) in [5, 5.41) is 0.889. The van der Waals surface area contributed by atoms with Gasteiger partial charge >= 0.3 is 0 Å². The smallest absolute Gasteiger partial charge is 0.266 e. The number of thioether (sulfide) groups is 1. The Morgan fingerprint density at radius 3 is 2.45 bits per heavy atom. The quantitative estimate of drug-likeness (QED) is 0.272. The Morgan fingerprint density at radius 2 is 1.69 bits per heavy atom. The average Bonchev–Trinajstić information content (AvgIpc) is 2.73. The van der Waals surface area contributed by atoms with Crippen LogP contribution >= 0.6 is 11.8 Å². The Morgan fingerprint density at radius 1 is 1.00 bits per heavy atom. The Balaban J connectivity index is 1.77. The normalized spacial score (nSPS) is 11.0. The predicted octanol–water partition coefficient (Wildman–Crippen LogP) is 4.81. The van der Waals surface area contributed by atoms with E-state index in [9.17, 15) is 14.0 Å². The lowest BCUT2D eigenvalue weighted by molar-refractivity contribution is 0.101. The van der Waals surface area contributed by atoms with Crippen LogP contribution in [0.15, 0.2) is 82.7 Å². The van der Waals surface area contributed by atoms with Crippen molar-refractivity contribution in [1.82, 2.24) is 9.55 Å². The molecule has 0 spiro atoms.